The molecule has 1 N–H and O–H groups in total. The molecule has 0 radical (unpaired) electrons. The lowest BCUT2D eigenvalue weighted by molar-refractivity contribution is -0.116. The van der Waals surface area contributed by atoms with Gasteiger partial charge in [0.15, 0.2) is 0 Å². The van der Waals surface area contributed by atoms with E-state index in [0.717, 1.165) is 48.1 Å². The SMILES string of the molecule is O=C(Cn1cc(Cn2c(=O)n(C3=CCCCC3)c3ccccc32)nn1)Nc1ccccc1. The van der Waals surface area contributed by atoms with Crippen LogP contribution in [0.15, 0.2) is 71.7 Å². The number of nitrogens with zero attached hydrogens (tertiary/aromatic N) is 5. The molecule has 0 bridgehead atoms. The van der Waals surface area contributed by atoms with Crippen LogP contribution in [0, 0.1) is 0 Å². The topological polar surface area (TPSA) is 86.7 Å². The van der Waals surface area contributed by atoms with Crippen LogP contribution >= 0.6 is 0 Å². The minimum Gasteiger partial charge on any atom is -0.324 e. The summed E-state index contributed by atoms with van der Waals surface area (Å²) >= 11 is 0. The van der Waals surface area contributed by atoms with Crippen LogP contribution in [0.1, 0.15) is 31.4 Å². The number of benzene rings is 2. The van der Waals surface area contributed by atoms with E-state index in [9.17, 15) is 9.59 Å². The van der Waals surface area contributed by atoms with Crippen LogP contribution in [-0.4, -0.2) is 30.0 Å². The fraction of sp³-hybridized carbons (Fsp3) is 0.250. The van der Waals surface area contributed by atoms with Gasteiger partial charge in [0.25, 0.3) is 0 Å². The number of rotatable bonds is 6. The highest BCUT2D eigenvalue weighted by Crippen LogP contribution is 2.25. The Morgan fingerprint density at radius 1 is 1.00 bits per heavy atom. The molecule has 1 amide bonds. The molecule has 0 saturated carbocycles. The molecule has 0 saturated heterocycles. The van der Waals surface area contributed by atoms with Crippen molar-refractivity contribution in [2.75, 3.05) is 5.32 Å². The van der Waals surface area contributed by atoms with Gasteiger partial charge in [0.2, 0.25) is 5.91 Å². The van der Waals surface area contributed by atoms with Gasteiger partial charge in [-0.05, 0) is 49.9 Å². The fourth-order valence-corrected chi connectivity index (χ4v) is 4.18. The number of carbonyl (C=O) groups is 1. The van der Waals surface area contributed by atoms with Gasteiger partial charge in [-0.2, -0.15) is 0 Å². The van der Waals surface area contributed by atoms with Gasteiger partial charge in [-0.3, -0.25) is 13.9 Å². The van der Waals surface area contributed by atoms with Crippen LogP contribution in [0.3, 0.4) is 0 Å². The zero-order valence-electron chi connectivity index (χ0n) is 17.6. The van der Waals surface area contributed by atoms with E-state index in [1.807, 2.05) is 59.2 Å². The molecule has 4 aromatic rings. The molecule has 0 fully saturated rings. The van der Waals surface area contributed by atoms with Crippen LogP contribution in [0.25, 0.3) is 16.7 Å². The minimum atomic E-state index is -0.189. The van der Waals surface area contributed by atoms with Gasteiger partial charge in [0.05, 0.1) is 23.8 Å². The second-order valence-corrected chi connectivity index (χ2v) is 7.96. The number of anilines is 1. The Morgan fingerprint density at radius 3 is 2.56 bits per heavy atom. The van der Waals surface area contributed by atoms with E-state index in [-0.39, 0.29) is 18.1 Å². The Hall–Kier alpha value is -3.94. The number of hydrogen-bond acceptors (Lipinski definition) is 4. The molecule has 0 aliphatic heterocycles. The zero-order chi connectivity index (χ0) is 21.9. The minimum absolute atomic E-state index is 0.0471. The fourth-order valence-electron chi connectivity index (χ4n) is 4.18. The van der Waals surface area contributed by atoms with Crippen molar-refractivity contribution in [2.24, 2.45) is 0 Å². The Morgan fingerprint density at radius 2 is 1.78 bits per heavy atom. The maximum absolute atomic E-state index is 13.3. The van der Waals surface area contributed by atoms with Gasteiger partial charge in [-0.25, -0.2) is 9.48 Å². The van der Waals surface area contributed by atoms with Gasteiger partial charge < -0.3 is 5.32 Å². The number of nitrogens with one attached hydrogen (secondary N) is 1. The van der Waals surface area contributed by atoms with Crippen LogP contribution in [0.4, 0.5) is 5.69 Å². The van der Waals surface area contributed by atoms with E-state index in [1.54, 1.807) is 10.8 Å². The quantitative estimate of drug-likeness (QED) is 0.509. The summed E-state index contributed by atoms with van der Waals surface area (Å²) in [6.07, 6.45) is 8.04. The van der Waals surface area contributed by atoms with Gasteiger partial charge in [0.1, 0.15) is 12.2 Å². The third kappa shape index (κ3) is 3.99. The maximum atomic E-state index is 13.3. The van der Waals surface area contributed by atoms with Gasteiger partial charge in [-0.15, -0.1) is 5.10 Å². The Labute approximate surface area is 184 Å². The summed E-state index contributed by atoms with van der Waals surface area (Å²) in [4.78, 5) is 25.6. The Balaban J connectivity index is 1.38. The number of amides is 1. The third-order valence-electron chi connectivity index (χ3n) is 5.66. The molecule has 1 aliphatic rings. The first-order chi connectivity index (χ1) is 15.7. The van der Waals surface area contributed by atoms with Crippen LogP contribution in [-0.2, 0) is 17.9 Å². The summed E-state index contributed by atoms with van der Waals surface area (Å²) in [5.74, 6) is -0.189. The third-order valence-corrected chi connectivity index (χ3v) is 5.66. The molecule has 2 aromatic heterocycles. The van der Waals surface area contributed by atoms with Gasteiger partial charge >= 0.3 is 5.69 Å². The first kappa shape index (κ1) is 20.0. The van der Waals surface area contributed by atoms with Gasteiger partial charge in [-0.1, -0.05) is 41.6 Å². The van der Waals surface area contributed by atoms with E-state index < -0.39 is 0 Å². The average Bonchev–Trinajstić information content (AvgIpc) is 3.37. The van der Waals surface area contributed by atoms with E-state index in [2.05, 4.69) is 21.7 Å². The van der Waals surface area contributed by atoms with Crippen molar-refractivity contribution >= 4 is 28.3 Å². The standard InChI is InChI=1S/C24H24N6O2/c31-23(25-18-9-3-1-4-10-18)17-28-15-19(26-27-28)16-29-21-13-7-8-14-22(21)30(24(29)32)20-11-5-2-6-12-20/h1,3-4,7-11,13-15H,2,5-6,12,16-17H2,(H,25,31). The molecule has 5 rings (SSSR count). The molecular formula is C24H24N6O2. The van der Waals surface area contributed by atoms with E-state index in [1.165, 1.54) is 4.68 Å². The van der Waals surface area contributed by atoms with Crippen LogP contribution in [0.5, 0.6) is 0 Å². The molecule has 162 valence electrons. The summed E-state index contributed by atoms with van der Waals surface area (Å²) in [6, 6.07) is 17.1. The first-order valence-corrected chi connectivity index (χ1v) is 10.8. The molecule has 1 aliphatic carbocycles. The molecule has 0 spiro atoms. The lowest BCUT2D eigenvalue weighted by atomic mass is 10.0. The van der Waals surface area contributed by atoms with Crippen LogP contribution in [0.2, 0.25) is 0 Å². The second kappa shape index (κ2) is 8.66. The number of imidazole rings is 1. The molecule has 0 atom stereocenters. The van der Waals surface area contributed by atoms with E-state index in [4.69, 9.17) is 0 Å². The van der Waals surface area contributed by atoms with Crippen molar-refractivity contribution in [1.29, 1.82) is 0 Å². The molecule has 2 heterocycles. The van der Waals surface area contributed by atoms with Crippen LogP contribution < -0.4 is 11.0 Å². The molecule has 8 nitrogen and oxygen atoms in total. The number of aromatic nitrogens is 5. The Bertz CT molecular complexity index is 1350. The summed E-state index contributed by atoms with van der Waals surface area (Å²) in [5, 5.41) is 11.1. The lowest BCUT2D eigenvalue weighted by Crippen LogP contribution is -2.25. The van der Waals surface area contributed by atoms with Crippen molar-refractivity contribution in [3.63, 3.8) is 0 Å². The highest BCUT2D eigenvalue weighted by atomic mass is 16.2. The molecular weight excluding hydrogens is 404 g/mol. The van der Waals surface area contributed by atoms with E-state index >= 15 is 0 Å². The highest BCUT2D eigenvalue weighted by molar-refractivity contribution is 5.90. The zero-order valence-corrected chi connectivity index (χ0v) is 17.6. The number of allylic oxidation sites excluding steroid dienone is 2. The first-order valence-electron chi connectivity index (χ1n) is 10.8. The molecule has 8 heteroatoms. The van der Waals surface area contributed by atoms with Crippen molar-refractivity contribution in [1.82, 2.24) is 24.1 Å². The summed E-state index contributed by atoms with van der Waals surface area (Å²) in [5.41, 5.74) is 4.11. The maximum Gasteiger partial charge on any atom is 0.333 e. The number of para-hydroxylation sites is 3. The largest absolute Gasteiger partial charge is 0.333 e. The summed E-state index contributed by atoms with van der Waals surface area (Å²) in [6.45, 7) is 0.339. The normalized spacial score (nSPS) is 13.8. The molecule has 2 aromatic carbocycles. The van der Waals surface area contributed by atoms with Crippen molar-refractivity contribution in [2.45, 2.75) is 38.8 Å². The average molecular weight is 428 g/mol. The highest BCUT2D eigenvalue weighted by Gasteiger charge is 2.18. The summed E-state index contributed by atoms with van der Waals surface area (Å²) < 4.78 is 5.04. The molecule has 32 heavy (non-hydrogen) atoms. The predicted molar refractivity (Wildman–Crippen MR) is 123 cm³/mol. The molecule has 0 unspecified atom stereocenters. The second-order valence-electron chi connectivity index (χ2n) is 7.96. The van der Waals surface area contributed by atoms with Gasteiger partial charge in [0, 0.05) is 11.4 Å². The number of carbonyl (C=O) groups excluding carboxylic acids is 1. The van der Waals surface area contributed by atoms with E-state index in [0.29, 0.717) is 12.2 Å². The monoisotopic (exact) mass is 428 g/mol. The predicted octanol–water partition coefficient (Wildman–Crippen LogP) is 3.50. The van der Waals surface area contributed by atoms with Crippen molar-refractivity contribution in [3.8, 4) is 0 Å². The number of fused-ring (bicyclic) bond motifs is 1. The summed E-state index contributed by atoms with van der Waals surface area (Å²) in [7, 11) is 0. The van der Waals surface area contributed by atoms with Crippen molar-refractivity contribution < 1.29 is 4.79 Å². The van der Waals surface area contributed by atoms with Crippen molar-refractivity contribution in [3.05, 3.63) is 83.0 Å². The smallest absolute Gasteiger partial charge is 0.324 e. The Kier molecular flexibility index (Phi) is 5.41. The lowest BCUT2D eigenvalue weighted by Gasteiger charge is -2.13. The number of hydrogen-bond donors (Lipinski definition) is 1.